The molecule has 0 amide bonds. The van der Waals surface area contributed by atoms with Crippen LogP contribution in [0, 0.1) is 17.9 Å². The lowest BCUT2D eigenvalue weighted by molar-refractivity contribution is 0.671. The highest BCUT2D eigenvalue weighted by Crippen LogP contribution is 2.42. The van der Waals surface area contributed by atoms with Gasteiger partial charge in [-0.1, -0.05) is 73.8 Å². The van der Waals surface area contributed by atoms with E-state index in [-0.39, 0.29) is 0 Å². The van der Waals surface area contributed by atoms with Crippen molar-refractivity contribution in [2.75, 3.05) is 0 Å². The van der Waals surface area contributed by atoms with E-state index in [1.165, 1.54) is 32.3 Å². The zero-order chi connectivity index (χ0) is 34.9. The van der Waals surface area contributed by atoms with Crippen LogP contribution in [0.1, 0.15) is 5.56 Å². The lowest BCUT2D eigenvalue weighted by atomic mass is 10.0. The van der Waals surface area contributed by atoms with E-state index >= 15 is 0 Å². The van der Waals surface area contributed by atoms with Crippen molar-refractivity contribution in [1.29, 1.82) is 5.26 Å². The molecule has 0 atom stereocenters. The zero-order valence-corrected chi connectivity index (χ0v) is 29.4. The number of hydrogen-bond donors (Lipinski definition) is 0. The first kappa shape index (κ1) is 28.9. The molecule has 0 radical (unpaired) electrons. The van der Waals surface area contributed by atoms with Gasteiger partial charge in [0.2, 0.25) is 0 Å². The molecule has 0 saturated carbocycles. The molecule has 4 heterocycles. The van der Waals surface area contributed by atoms with Gasteiger partial charge in [0.15, 0.2) is 11.3 Å². The second-order valence-corrected chi connectivity index (χ2v) is 18.7. The van der Waals surface area contributed by atoms with Crippen LogP contribution in [0.15, 0.2) is 138 Å². The zero-order valence-electron chi connectivity index (χ0n) is 28.4. The molecular formula is C46H28N4OSi. The van der Waals surface area contributed by atoms with Crippen molar-refractivity contribution in [3.63, 3.8) is 0 Å². The van der Waals surface area contributed by atoms with Gasteiger partial charge in [0, 0.05) is 38.3 Å². The second-order valence-electron chi connectivity index (χ2n) is 14.4. The molecule has 0 N–H and O–H groups in total. The van der Waals surface area contributed by atoms with Crippen LogP contribution in [0.5, 0.6) is 0 Å². The van der Waals surface area contributed by atoms with E-state index in [0.717, 1.165) is 66.2 Å². The summed E-state index contributed by atoms with van der Waals surface area (Å²) < 4.78 is 11.3. The lowest BCUT2D eigenvalue weighted by Crippen LogP contribution is -2.49. The topological polar surface area (TPSA) is 51.1 Å². The van der Waals surface area contributed by atoms with Gasteiger partial charge >= 0.3 is 0 Å². The number of aromatic nitrogens is 2. The third-order valence-electron chi connectivity index (χ3n) is 11.3. The van der Waals surface area contributed by atoms with E-state index in [9.17, 15) is 5.26 Å². The summed E-state index contributed by atoms with van der Waals surface area (Å²) in [5.74, 6) is 0. The van der Waals surface area contributed by atoms with Gasteiger partial charge in [-0.05, 0) is 99.7 Å². The van der Waals surface area contributed by atoms with Crippen LogP contribution in [-0.4, -0.2) is 17.2 Å². The van der Waals surface area contributed by atoms with E-state index in [1.807, 2.05) is 48.5 Å². The minimum absolute atomic E-state index is 0.585. The van der Waals surface area contributed by atoms with Crippen molar-refractivity contribution in [2.45, 2.75) is 13.1 Å². The van der Waals surface area contributed by atoms with Gasteiger partial charge in [0.25, 0.3) is 0 Å². The number of benzene rings is 7. The fourth-order valence-electron chi connectivity index (χ4n) is 8.95. The number of rotatable bonds is 2. The number of hydrogen-bond acceptors (Lipinski definition) is 2. The number of nitrogens with zero attached hydrogens (tertiary/aromatic N) is 4. The molecule has 7 aromatic carbocycles. The van der Waals surface area contributed by atoms with Crippen molar-refractivity contribution in [2.24, 2.45) is 0 Å². The van der Waals surface area contributed by atoms with Crippen LogP contribution < -0.4 is 10.4 Å². The molecule has 0 fully saturated rings. The van der Waals surface area contributed by atoms with E-state index in [1.54, 1.807) is 0 Å². The van der Waals surface area contributed by atoms with Crippen LogP contribution in [0.3, 0.4) is 0 Å². The summed E-state index contributed by atoms with van der Waals surface area (Å²) in [5.41, 5.74) is 11.9. The van der Waals surface area contributed by atoms with E-state index < -0.39 is 8.07 Å². The monoisotopic (exact) mass is 680 g/mol. The smallest absolute Gasteiger partial charge is 0.188 e. The number of para-hydroxylation sites is 2. The van der Waals surface area contributed by atoms with Gasteiger partial charge in [0.05, 0.1) is 40.3 Å². The first-order chi connectivity index (χ1) is 25.4. The van der Waals surface area contributed by atoms with E-state index in [0.29, 0.717) is 11.3 Å². The Labute approximate surface area is 299 Å². The van der Waals surface area contributed by atoms with Gasteiger partial charge in [-0.15, -0.1) is 0 Å². The molecule has 242 valence electrons. The Morgan fingerprint density at radius 2 is 1.23 bits per heavy atom. The largest absolute Gasteiger partial charge is 0.454 e. The van der Waals surface area contributed by atoms with E-state index in [2.05, 4.69) is 118 Å². The first-order valence-electron chi connectivity index (χ1n) is 17.4. The fourth-order valence-corrected chi connectivity index (χ4v) is 12.0. The Hall–Kier alpha value is -6.86. The minimum Gasteiger partial charge on any atom is -0.454 e. The summed E-state index contributed by atoms with van der Waals surface area (Å²) in [7, 11) is -2.01. The van der Waals surface area contributed by atoms with Gasteiger partial charge in [-0.3, -0.25) is 0 Å². The van der Waals surface area contributed by atoms with Gasteiger partial charge in [0.1, 0.15) is 13.7 Å². The second kappa shape index (κ2) is 10.1. The van der Waals surface area contributed by atoms with Gasteiger partial charge < -0.3 is 13.6 Å². The van der Waals surface area contributed by atoms with Crippen molar-refractivity contribution in [1.82, 2.24) is 9.13 Å². The van der Waals surface area contributed by atoms with Crippen LogP contribution in [0.4, 0.5) is 5.69 Å². The Balaban J connectivity index is 1.17. The van der Waals surface area contributed by atoms with Crippen LogP contribution in [-0.2, 0) is 0 Å². The third kappa shape index (κ3) is 3.69. The summed E-state index contributed by atoms with van der Waals surface area (Å²) in [6, 6.07) is 49.4. The van der Waals surface area contributed by atoms with Crippen molar-refractivity contribution < 1.29 is 4.42 Å². The minimum atomic E-state index is -2.01. The molecule has 1 aliphatic rings. The molecule has 0 spiro atoms. The first-order valence-corrected chi connectivity index (χ1v) is 20.4. The fraction of sp³-hybridized carbons (Fsp3) is 0.0435. The average Bonchev–Trinajstić information content (AvgIpc) is 3.89. The number of nitriles is 1. The molecule has 5 nitrogen and oxygen atoms in total. The van der Waals surface area contributed by atoms with Crippen molar-refractivity contribution in [3.05, 3.63) is 150 Å². The van der Waals surface area contributed by atoms with Crippen LogP contribution in [0.2, 0.25) is 13.1 Å². The van der Waals surface area contributed by atoms with E-state index in [4.69, 9.17) is 11.0 Å². The van der Waals surface area contributed by atoms with Crippen LogP contribution >= 0.6 is 0 Å². The molecule has 3 aromatic heterocycles. The molecule has 52 heavy (non-hydrogen) atoms. The molecular weight excluding hydrogens is 653 g/mol. The Morgan fingerprint density at radius 1 is 0.596 bits per heavy atom. The lowest BCUT2D eigenvalue weighted by Gasteiger charge is -2.19. The maximum atomic E-state index is 9.73. The number of furan rings is 1. The maximum Gasteiger partial charge on any atom is 0.188 e. The normalized spacial score (nSPS) is 13.3. The van der Waals surface area contributed by atoms with Gasteiger partial charge in [-0.25, -0.2) is 4.85 Å². The predicted octanol–water partition coefficient (Wildman–Crippen LogP) is 11.0. The molecule has 6 heteroatoms. The summed E-state index contributed by atoms with van der Waals surface area (Å²) in [5, 5.41) is 19.1. The predicted molar refractivity (Wildman–Crippen MR) is 216 cm³/mol. The van der Waals surface area contributed by atoms with Crippen LogP contribution in [0.25, 0.3) is 92.9 Å². The highest BCUT2D eigenvalue weighted by atomic mass is 28.3. The highest BCUT2D eigenvalue weighted by molar-refractivity contribution is 7.03. The van der Waals surface area contributed by atoms with Crippen molar-refractivity contribution in [3.8, 4) is 28.6 Å². The van der Waals surface area contributed by atoms with Gasteiger partial charge in [-0.2, -0.15) is 5.26 Å². The maximum absolute atomic E-state index is 9.73. The summed E-state index contributed by atoms with van der Waals surface area (Å²) in [6.07, 6.45) is 0. The third-order valence-corrected chi connectivity index (χ3v) is 14.9. The molecule has 0 saturated heterocycles. The summed E-state index contributed by atoms with van der Waals surface area (Å²) in [6.45, 7) is 12.6. The van der Waals surface area contributed by atoms with Crippen molar-refractivity contribution >= 4 is 89.7 Å². The molecule has 0 aliphatic carbocycles. The molecule has 0 bridgehead atoms. The number of fused-ring (bicyclic) bond motifs is 13. The summed E-state index contributed by atoms with van der Waals surface area (Å²) >= 11 is 0. The quantitative estimate of drug-likeness (QED) is 0.135. The average molecular weight is 681 g/mol. The Morgan fingerprint density at radius 3 is 1.98 bits per heavy atom. The summed E-state index contributed by atoms with van der Waals surface area (Å²) in [4.78, 5) is 3.71. The molecule has 10 aromatic rings. The Kier molecular flexibility index (Phi) is 5.62. The highest BCUT2D eigenvalue weighted by Gasteiger charge is 2.38. The molecule has 0 unspecified atom stereocenters. The molecule has 1 aliphatic heterocycles. The SMILES string of the molecule is [C-]#[N+]c1ccc2c(c1)c1cc(C#N)ccc1n2-c1ccc2c(c1)-c1cc(-n3c4ccccc4c4ccc5c6ccccc6oc5c43)ccc1[Si]2(C)C. The molecule has 11 rings (SSSR count). The Bertz CT molecular complexity index is 3240. The standard InChI is InChI=1S/C46H28N4OSi/c1-48-28-13-19-41-36(23-28)35-22-27(26-47)12-18-40(35)49(41)29-14-20-43-37(24-29)38-25-30(15-21-44(38)52(43,2)3)50-39-10-6-4-8-31(39)33-16-17-34-32-9-5-7-11-42(32)51-46(34)45(33)50/h4-25H,2-3H3.